The van der Waals surface area contributed by atoms with E-state index in [1.54, 1.807) is 0 Å². The van der Waals surface area contributed by atoms with Crippen molar-refractivity contribution in [1.29, 1.82) is 0 Å². The first kappa shape index (κ1) is 14.3. The van der Waals surface area contributed by atoms with Crippen LogP contribution in [0.4, 0.5) is 4.39 Å². The molecule has 1 aromatic rings. The number of benzene rings is 1. The first-order chi connectivity index (χ1) is 9.72. The van der Waals surface area contributed by atoms with E-state index in [9.17, 15) is 4.39 Å². The highest BCUT2D eigenvalue weighted by Crippen LogP contribution is 2.25. The summed E-state index contributed by atoms with van der Waals surface area (Å²) in [6.45, 7) is 3.02. The Balaban J connectivity index is 1.62. The molecule has 4 heteroatoms. The molecule has 1 aliphatic heterocycles. The van der Waals surface area contributed by atoms with Gasteiger partial charge in [-0.25, -0.2) is 4.39 Å². The summed E-state index contributed by atoms with van der Waals surface area (Å²) in [6.07, 6.45) is 6.47. The summed E-state index contributed by atoms with van der Waals surface area (Å²) >= 11 is 6.15. The third-order valence-electron chi connectivity index (χ3n) is 4.36. The first-order valence-corrected chi connectivity index (χ1v) is 8.01. The monoisotopic (exact) mass is 296 g/mol. The molecule has 3 rings (SSSR count). The molecule has 0 bridgehead atoms. The number of hydrogen-bond donors (Lipinski definition) is 1. The summed E-state index contributed by atoms with van der Waals surface area (Å²) in [6, 6.07) is 6.08. The Kier molecular flexibility index (Phi) is 4.59. The van der Waals surface area contributed by atoms with Crippen molar-refractivity contribution in [3.05, 3.63) is 34.6 Å². The molecular formula is C16H22ClFN2. The van der Waals surface area contributed by atoms with E-state index >= 15 is 0 Å². The van der Waals surface area contributed by atoms with Gasteiger partial charge in [-0.05, 0) is 49.9 Å². The molecule has 20 heavy (non-hydrogen) atoms. The van der Waals surface area contributed by atoms with E-state index in [0.29, 0.717) is 11.1 Å². The predicted octanol–water partition coefficient (Wildman–Crippen LogP) is 3.59. The van der Waals surface area contributed by atoms with Gasteiger partial charge < -0.3 is 5.32 Å². The van der Waals surface area contributed by atoms with E-state index in [2.05, 4.69) is 10.2 Å². The van der Waals surface area contributed by atoms with Gasteiger partial charge in [0.2, 0.25) is 0 Å². The maximum absolute atomic E-state index is 13.1. The summed E-state index contributed by atoms with van der Waals surface area (Å²) in [4.78, 5) is 2.50. The number of nitrogens with one attached hydrogen (secondary N) is 1. The van der Waals surface area contributed by atoms with Crippen molar-refractivity contribution < 1.29 is 4.39 Å². The van der Waals surface area contributed by atoms with Crippen molar-refractivity contribution in [2.24, 2.45) is 0 Å². The molecule has 1 aromatic carbocycles. The van der Waals surface area contributed by atoms with E-state index in [-0.39, 0.29) is 5.82 Å². The molecule has 1 atom stereocenters. The number of piperidine rings is 1. The third-order valence-corrected chi connectivity index (χ3v) is 4.71. The van der Waals surface area contributed by atoms with Gasteiger partial charge in [-0.15, -0.1) is 0 Å². The van der Waals surface area contributed by atoms with Gasteiger partial charge in [0, 0.05) is 30.2 Å². The number of likely N-dealkylation sites (tertiary alicyclic amines) is 1. The minimum atomic E-state index is -0.260. The fourth-order valence-electron chi connectivity index (χ4n) is 2.96. The summed E-state index contributed by atoms with van der Waals surface area (Å²) < 4.78 is 13.1. The summed E-state index contributed by atoms with van der Waals surface area (Å²) in [5.74, 6) is -0.260. The largest absolute Gasteiger partial charge is 0.312 e. The normalized spacial score (nSPS) is 24.0. The van der Waals surface area contributed by atoms with Crippen LogP contribution in [0.25, 0.3) is 0 Å². The van der Waals surface area contributed by atoms with Crippen LogP contribution in [0.1, 0.15) is 37.7 Å². The van der Waals surface area contributed by atoms with Crippen LogP contribution in [0, 0.1) is 5.82 Å². The van der Waals surface area contributed by atoms with Crippen molar-refractivity contribution in [2.45, 2.75) is 50.7 Å². The zero-order chi connectivity index (χ0) is 13.9. The average Bonchev–Trinajstić information content (AvgIpc) is 3.25. The van der Waals surface area contributed by atoms with Crippen LogP contribution in [0.3, 0.4) is 0 Å². The van der Waals surface area contributed by atoms with Crippen LogP contribution in [0.15, 0.2) is 18.2 Å². The van der Waals surface area contributed by atoms with Crippen LogP contribution in [-0.4, -0.2) is 30.1 Å². The average molecular weight is 297 g/mol. The minimum absolute atomic E-state index is 0.260. The van der Waals surface area contributed by atoms with E-state index in [1.807, 2.05) is 6.07 Å². The zero-order valence-corrected chi connectivity index (χ0v) is 12.5. The van der Waals surface area contributed by atoms with Gasteiger partial charge in [0.25, 0.3) is 0 Å². The van der Waals surface area contributed by atoms with E-state index in [0.717, 1.165) is 31.2 Å². The molecule has 0 aromatic heterocycles. The third kappa shape index (κ3) is 3.72. The SMILES string of the molecule is Fc1ccc(CN2CCCCC2CNC2CC2)c(Cl)c1. The molecule has 2 nitrogen and oxygen atoms in total. The Bertz CT molecular complexity index is 462. The van der Waals surface area contributed by atoms with Gasteiger partial charge >= 0.3 is 0 Å². The number of hydrogen-bond acceptors (Lipinski definition) is 2. The Morgan fingerprint density at radius 1 is 1.25 bits per heavy atom. The molecule has 0 amide bonds. The molecule has 1 saturated carbocycles. The lowest BCUT2D eigenvalue weighted by molar-refractivity contribution is 0.137. The molecule has 1 aliphatic carbocycles. The van der Waals surface area contributed by atoms with Crippen molar-refractivity contribution in [3.8, 4) is 0 Å². The van der Waals surface area contributed by atoms with E-state index in [4.69, 9.17) is 11.6 Å². The Morgan fingerprint density at radius 2 is 2.10 bits per heavy atom. The van der Waals surface area contributed by atoms with Crippen molar-refractivity contribution in [2.75, 3.05) is 13.1 Å². The second-order valence-corrected chi connectivity index (χ2v) is 6.45. The van der Waals surface area contributed by atoms with Crippen molar-refractivity contribution >= 4 is 11.6 Å². The summed E-state index contributed by atoms with van der Waals surface area (Å²) in [7, 11) is 0. The molecule has 2 fully saturated rings. The maximum atomic E-state index is 13.1. The lowest BCUT2D eigenvalue weighted by atomic mass is 10.0. The highest BCUT2D eigenvalue weighted by molar-refractivity contribution is 6.31. The van der Waals surface area contributed by atoms with Gasteiger partial charge in [0.15, 0.2) is 0 Å². The zero-order valence-electron chi connectivity index (χ0n) is 11.7. The molecule has 2 aliphatic rings. The van der Waals surface area contributed by atoms with E-state index in [1.165, 1.54) is 44.2 Å². The highest BCUT2D eigenvalue weighted by Gasteiger charge is 2.26. The van der Waals surface area contributed by atoms with Gasteiger partial charge in [0.05, 0.1) is 0 Å². The second kappa shape index (κ2) is 6.42. The molecule has 0 radical (unpaired) electrons. The Hall–Kier alpha value is -0.640. The maximum Gasteiger partial charge on any atom is 0.124 e. The predicted molar refractivity (Wildman–Crippen MR) is 80.5 cm³/mol. The molecule has 0 spiro atoms. The topological polar surface area (TPSA) is 15.3 Å². The van der Waals surface area contributed by atoms with Crippen molar-refractivity contribution in [1.82, 2.24) is 10.2 Å². The Labute approximate surface area is 125 Å². The highest BCUT2D eigenvalue weighted by atomic mass is 35.5. The molecular weight excluding hydrogens is 275 g/mol. The summed E-state index contributed by atoms with van der Waals surface area (Å²) in [5.41, 5.74) is 1.03. The van der Waals surface area contributed by atoms with E-state index < -0.39 is 0 Å². The van der Waals surface area contributed by atoms with Crippen LogP contribution < -0.4 is 5.32 Å². The molecule has 110 valence electrons. The standard InChI is InChI=1S/C16H22ClFN2/c17-16-9-13(18)5-4-12(16)11-20-8-2-1-3-15(20)10-19-14-6-7-14/h4-5,9,14-15,19H,1-3,6-8,10-11H2. The van der Waals surface area contributed by atoms with Gasteiger partial charge in [-0.1, -0.05) is 24.1 Å². The first-order valence-electron chi connectivity index (χ1n) is 7.64. The number of halogens is 2. The lowest BCUT2D eigenvalue weighted by Crippen LogP contribution is -2.45. The number of nitrogens with zero attached hydrogens (tertiary/aromatic N) is 1. The van der Waals surface area contributed by atoms with Crippen molar-refractivity contribution in [3.63, 3.8) is 0 Å². The fraction of sp³-hybridized carbons (Fsp3) is 0.625. The van der Waals surface area contributed by atoms with Gasteiger partial charge in [0.1, 0.15) is 5.82 Å². The molecule has 1 N–H and O–H groups in total. The van der Waals surface area contributed by atoms with Gasteiger partial charge in [-0.2, -0.15) is 0 Å². The smallest absolute Gasteiger partial charge is 0.124 e. The lowest BCUT2D eigenvalue weighted by Gasteiger charge is -2.36. The van der Waals surface area contributed by atoms with Crippen LogP contribution in [0.5, 0.6) is 0 Å². The van der Waals surface area contributed by atoms with Gasteiger partial charge in [-0.3, -0.25) is 4.90 Å². The minimum Gasteiger partial charge on any atom is -0.312 e. The van der Waals surface area contributed by atoms with Crippen LogP contribution >= 0.6 is 11.6 Å². The molecule has 1 saturated heterocycles. The quantitative estimate of drug-likeness (QED) is 0.893. The fourth-order valence-corrected chi connectivity index (χ4v) is 3.19. The van der Waals surface area contributed by atoms with Crippen LogP contribution in [-0.2, 0) is 6.54 Å². The Morgan fingerprint density at radius 3 is 2.85 bits per heavy atom. The summed E-state index contributed by atoms with van der Waals surface area (Å²) in [5, 5.41) is 4.18. The molecule has 1 unspecified atom stereocenters. The van der Waals surface area contributed by atoms with Crippen LogP contribution in [0.2, 0.25) is 5.02 Å². The number of rotatable bonds is 5. The molecule has 1 heterocycles. The second-order valence-electron chi connectivity index (χ2n) is 6.04.